The van der Waals surface area contributed by atoms with Crippen LogP contribution in [0.4, 0.5) is 0 Å². The van der Waals surface area contributed by atoms with Crippen molar-refractivity contribution in [1.82, 2.24) is 15.0 Å². The van der Waals surface area contributed by atoms with Gasteiger partial charge >= 0.3 is 5.97 Å². The average Bonchev–Trinajstić information content (AvgIpc) is 2.88. The minimum absolute atomic E-state index is 0.0000919. The molecule has 1 unspecified atom stereocenters. The third-order valence-corrected chi connectivity index (χ3v) is 5.21. The minimum Gasteiger partial charge on any atom is -0.507 e. The number of aromatic nitrogens is 3. The molecule has 0 aliphatic carbocycles. The van der Waals surface area contributed by atoms with Crippen LogP contribution in [0.15, 0.2) is 86.0 Å². The number of carbonyl (C=O) groups excluding carboxylic acids is 1. The lowest BCUT2D eigenvalue weighted by molar-refractivity contribution is -0.206. The van der Waals surface area contributed by atoms with Gasteiger partial charge in [0.05, 0.1) is 5.56 Å². The summed E-state index contributed by atoms with van der Waals surface area (Å²) in [5, 5.41) is 31.8. The molecule has 0 spiro atoms. The maximum atomic E-state index is 11.6. The molecule has 0 fully saturated rings. The van der Waals surface area contributed by atoms with Crippen LogP contribution in [0.5, 0.6) is 17.2 Å². The van der Waals surface area contributed by atoms with Crippen LogP contribution in [-0.2, 0) is 9.53 Å². The third-order valence-electron chi connectivity index (χ3n) is 5.21. The monoisotopic (exact) mass is 485 g/mol. The maximum absolute atomic E-state index is 11.6. The van der Waals surface area contributed by atoms with Crippen LogP contribution >= 0.6 is 0 Å². The van der Waals surface area contributed by atoms with Crippen molar-refractivity contribution in [3.8, 4) is 50.9 Å². The van der Waals surface area contributed by atoms with E-state index in [4.69, 9.17) is 9.47 Å². The van der Waals surface area contributed by atoms with Gasteiger partial charge in [0.15, 0.2) is 12.4 Å². The number of phenols is 2. The molecule has 36 heavy (non-hydrogen) atoms. The zero-order chi connectivity index (χ0) is 25.7. The molecule has 9 nitrogen and oxygen atoms in total. The second-order valence-corrected chi connectivity index (χ2v) is 7.98. The molecule has 0 saturated carbocycles. The minimum atomic E-state index is -1.98. The molecule has 182 valence electrons. The molecular weight excluding hydrogens is 462 g/mol. The van der Waals surface area contributed by atoms with Crippen molar-refractivity contribution >= 4 is 5.97 Å². The number of benzene rings is 3. The van der Waals surface area contributed by atoms with Crippen LogP contribution in [0.3, 0.4) is 0 Å². The Kier molecular flexibility index (Phi) is 6.93. The first-order valence-corrected chi connectivity index (χ1v) is 10.9. The van der Waals surface area contributed by atoms with E-state index in [2.05, 4.69) is 21.5 Å². The molecular formula is C27H23N3O6. The van der Waals surface area contributed by atoms with Crippen LogP contribution < -0.4 is 4.74 Å². The lowest BCUT2D eigenvalue weighted by atomic mass is 9.92. The predicted octanol–water partition coefficient (Wildman–Crippen LogP) is 4.10. The third kappa shape index (κ3) is 5.31. The molecule has 4 rings (SSSR count). The molecule has 0 amide bonds. The fraction of sp³-hybridized carbons (Fsp3) is 0.111. The van der Waals surface area contributed by atoms with E-state index in [9.17, 15) is 20.1 Å². The summed E-state index contributed by atoms with van der Waals surface area (Å²) in [7, 11) is 0. The SMILES string of the molecule is C=CC(=O)OC(C)(O)COc1cc(-c2ccccc2O)cc(-c2ccccc2O)c1-c1ncncn1. The number of aromatic hydroxyl groups is 2. The Labute approximate surface area is 207 Å². The molecule has 0 aliphatic rings. The van der Waals surface area contributed by atoms with Crippen LogP contribution in [0, 0.1) is 0 Å². The van der Waals surface area contributed by atoms with Gasteiger partial charge in [0, 0.05) is 29.7 Å². The summed E-state index contributed by atoms with van der Waals surface area (Å²) in [4.78, 5) is 24.0. The first-order chi connectivity index (χ1) is 17.3. The van der Waals surface area contributed by atoms with Gasteiger partial charge in [0.25, 0.3) is 0 Å². The maximum Gasteiger partial charge on any atom is 0.332 e. The van der Waals surface area contributed by atoms with Gasteiger partial charge in [-0.05, 0) is 29.8 Å². The normalized spacial score (nSPS) is 12.4. The highest BCUT2D eigenvalue weighted by Gasteiger charge is 2.28. The molecule has 1 atom stereocenters. The standard InChI is InChI=1S/C27H23N3O6/c1-3-24(33)36-27(2,34)14-35-23-13-17(18-8-4-6-10-21(18)31)12-20(19-9-5-7-11-22(19)32)25(23)26-29-15-28-16-30-26/h3-13,15-16,31-32,34H,1,14H2,2H3. The number of para-hydroxylation sites is 2. The Bertz CT molecular complexity index is 1410. The second-order valence-electron chi connectivity index (χ2n) is 7.98. The molecule has 0 saturated heterocycles. The van der Waals surface area contributed by atoms with E-state index in [0.29, 0.717) is 27.8 Å². The highest BCUT2D eigenvalue weighted by Crippen LogP contribution is 2.45. The van der Waals surface area contributed by atoms with E-state index in [1.165, 1.54) is 19.6 Å². The number of esters is 1. The van der Waals surface area contributed by atoms with Crippen LogP contribution in [-0.4, -0.2) is 48.6 Å². The van der Waals surface area contributed by atoms with Gasteiger partial charge in [-0.25, -0.2) is 19.7 Å². The zero-order valence-electron chi connectivity index (χ0n) is 19.3. The largest absolute Gasteiger partial charge is 0.507 e. The van der Waals surface area contributed by atoms with E-state index in [1.807, 2.05) is 0 Å². The Balaban J connectivity index is 1.95. The highest BCUT2D eigenvalue weighted by molar-refractivity contribution is 5.91. The van der Waals surface area contributed by atoms with Crippen LogP contribution in [0.2, 0.25) is 0 Å². The van der Waals surface area contributed by atoms with Crippen molar-refractivity contribution in [1.29, 1.82) is 0 Å². The molecule has 3 aromatic carbocycles. The summed E-state index contributed by atoms with van der Waals surface area (Å²) in [6.45, 7) is 4.15. The van der Waals surface area contributed by atoms with Gasteiger partial charge in [-0.2, -0.15) is 0 Å². The fourth-order valence-corrected chi connectivity index (χ4v) is 3.61. The number of hydrogen-bond donors (Lipinski definition) is 3. The fourth-order valence-electron chi connectivity index (χ4n) is 3.61. The van der Waals surface area contributed by atoms with Crippen molar-refractivity contribution in [2.75, 3.05) is 6.61 Å². The smallest absolute Gasteiger partial charge is 0.332 e. The summed E-state index contributed by atoms with van der Waals surface area (Å²) in [6.07, 6.45) is 3.57. The highest BCUT2D eigenvalue weighted by atomic mass is 16.7. The van der Waals surface area contributed by atoms with Crippen molar-refractivity contribution in [2.45, 2.75) is 12.7 Å². The van der Waals surface area contributed by atoms with E-state index in [-0.39, 0.29) is 23.1 Å². The van der Waals surface area contributed by atoms with Crippen LogP contribution in [0.25, 0.3) is 33.6 Å². The van der Waals surface area contributed by atoms with E-state index < -0.39 is 18.4 Å². The number of carbonyl (C=O) groups is 1. The molecule has 4 aromatic rings. The first-order valence-electron chi connectivity index (χ1n) is 10.9. The van der Waals surface area contributed by atoms with Gasteiger partial charge in [-0.15, -0.1) is 0 Å². The van der Waals surface area contributed by atoms with Gasteiger partial charge in [0.2, 0.25) is 5.79 Å². The second kappa shape index (κ2) is 10.2. The van der Waals surface area contributed by atoms with E-state index in [0.717, 1.165) is 6.08 Å². The Morgan fingerprint density at radius 1 is 0.972 bits per heavy atom. The molecule has 0 aliphatic heterocycles. The Hall–Kier alpha value is -4.76. The van der Waals surface area contributed by atoms with Crippen molar-refractivity contribution in [2.24, 2.45) is 0 Å². The zero-order valence-corrected chi connectivity index (χ0v) is 19.3. The number of ether oxygens (including phenoxy) is 2. The Morgan fingerprint density at radius 2 is 1.58 bits per heavy atom. The first kappa shape index (κ1) is 24.4. The number of aliphatic hydroxyl groups is 1. The summed E-state index contributed by atoms with van der Waals surface area (Å²) >= 11 is 0. The van der Waals surface area contributed by atoms with Gasteiger partial charge < -0.3 is 24.8 Å². The van der Waals surface area contributed by atoms with Gasteiger partial charge in [0.1, 0.15) is 29.9 Å². The molecule has 0 bridgehead atoms. The summed E-state index contributed by atoms with van der Waals surface area (Å²) in [5.74, 6) is -2.33. The molecule has 1 aromatic heterocycles. The van der Waals surface area contributed by atoms with Crippen LogP contribution in [0.1, 0.15) is 6.92 Å². The van der Waals surface area contributed by atoms with Crippen molar-refractivity contribution in [3.05, 3.63) is 86.0 Å². The topological polar surface area (TPSA) is 135 Å². The molecule has 1 heterocycles. The molecule has 0 radical (unpaired) electrons. The lowest BCUT2D eigenvalue weighted by Gasteiger charge is -2.24. The molecule has 9 heteroatoms. The van der Waals surface area contributed by atoms with E-state index >= 15 is 0 Å². The number of rotatable bonds is 8. The summed E-state index contributed by atoms with van der Waals surface area (Å²) < 4.78 is 11.0. The van der Waals surface area contributed by atoms with Gasteiger partial charge in [-0.3, -0.25) is 0 Å². The molecule has 3 N–H and O–H groups in total. The number of phenolic OH excluding ortho intramolecular Hbond substituents is 2. The number of nitrogens with zero attached hydrogens (tertiary/aromatic N) is 3. The van der Waals surface area contributed by atoms with Gasteiger partial charge in [-0.1, -0.05) is 43.0 Å². The van der Waals surface area contributed by atoms with E-state index in [1.54, 1.807) is 60.7 Å². The van der Waals surface area contributed by atoms with Crippen molar-refractivity contribution in [3.63, 3.8) is 0 Å². The Morgan fingerprint density at radius 3 is 2.19 bits per heavy atom. The summed E-state index contributed by atoms with van der Waals surface area (Å²) in [5.41, 5.74) is 2.41. The van der Waals surface area contributed by atoms with Crippen molar-refractivity contribution < 1.29 is 29.6 Å². The quantitative estimate of drug-likeness (QED) is 0.191. The summed E-state index contributed by atoms with van der Waals surface area (Å²) in [6, 6.07) is 16.9. The number of hydrogen-bond acceptors (Lipinski definition) is 9. The average molecular weight is 485 g/mol. The lowest BCUT2D eigenvalue weighted by Crippen LogP contribution is -2.37. The predicted molar refractivity (Wildman–Crippen MR) is 132 cm³/mol.